The van der Waals surface area contributed by atoms with E-state index in [4.69, 9.17) is 0 Å². The van der Waals surface area contributed by atoms with Gasteiger partial charge in [-0.15, -0.1) is 0 Å². The topological polar surface area (TPSA) is 0 Å². The molecule has 0 N–H and O–H groups in total. The van der Waals surface area contributed by atoms with Gasteiger partial charge in [0.05, 0.1) is 0 Å². The maximum Gasteiger partial charge on any atom is -0.00134 e. The molecule has 11 aromatic carbocycles. The molecular weight excluding hydrogens is 697 g/mol. The molecule has 0 aliphatic heterocycles. The van der Waals surface area contributed by atoms with Crippen LogP contribution in [-0.4, -0.2) is 0 Å². The van der Waals surface area contributed by atoms with Crippen LogP contribution in [0.3, 0.4) is 0 Å². The summed E-state index contributed by atoms with van der Waals surface area (Å²) < 4.78 is 0. The van der Waals surface area contributed by atoms with Crippen LogP contribution in [0.15, 0.2) is 182 Å². The van der Waals surface area contributed by atoms with Crippen molar-refractivity contribution in [1.82, 2.24) is 0 Å². The third-order valence-corrected chi connectivity index (χ3v) is 13.4. The van der Waals surface area contributed by atoms with Crippen LogP contribution in [0.2, 0.25) is 0 Å². The Morgan fingerprint density at radius 3 is 0.862 bits per heavy atom. The molecule has 0 radical (unpaired) electrons. The second-order valence-corrected chi connectivity index (χ2v) is 16.3. The third kappa shape index (κ3) is 4.09. The molecule has 0 heterocycles. The smallest absolute Gasteiger partial charge is 0.00134 e. The highest BCUT2D eigenvalue weighted by molar-refractivity contribution is 6.41. The fourth-order valence-corrected chi connectivity index (χ4v) is 11.0. The van der Waals surface area contributed by atoms with Crippen LogP contribution in [-0.2, 0) is 0 Å². The summed E-state index contributed by atoms with van der Waals surface area (Å²) in [6.45, 7) is 4.48. The van der Waals surface area contributed by atoms with Gasteiger partial charge in [-0.3, -0.25) is 0 Å². The molecule has 11 aromatic rings. The first kappa shape index (κ1) is 31.9. The number of hydrogen-bond donors (Lipinski definition) is 0. The summed E-state index contributed by atoms with van der Waals surface area (Å²) in [6, 6.07) is 68.5. The van der Waals surface area contributed by atoms with Gasteiger partial charge in [0.1, 0.15) is 0 Å². The van der Waals surface area contributed by atoms with Crippen LogP contribution in [0.4, 0.5) is 0 Å². The van der Waals surface area contributed by atoms with Crippen molar-refractivity contribution < 1.29 is 0 Å². The van der Waals surface area contributed by atoms with Crippen molar-refractivity contribution in [1.29, 1.82) is 0 Å². The van der Waals surface area contributed by atoms with E-state index in [9.17, 15) is 0 Å². The van der Waals surface area contributed by atoms with Gasteiger partial charge in [0.2, 0.25) is 0 Å². The lowest BCUT2D eigenvalue weighted by atomic mass is 9.86. The quantitative estimate of drug-likeness (QED) is 0.125. The largest absolute Gasteiger partial charge is 0.0622 e. The molecule has 0 saturated carbocycles. The second-order valence-electron chi connectivity index (χ2n) is 16.3. The normalized spacial score (nSPS) is 12.3. The standard InChI is InChI=1S/C58H36/c1-33-13-9-11-19-37(33)41-23-21-39(35-15-5-3-6-16-35)51-47-29-25-43-46-28-32-50-56-42(38-20-12-10-14-34(38)2)24-22-40(36-17-7-4-8-18-36)52(56)48-30-26-44(54(46)58(48)50)45-27-31-49(55(41)51)57(47)53(43)45/h3-32H,1-2H3. The van der Waals surface area contributed by atoms with Crippen molar-refractivity contribution in [3.8, 4) is 89.0 Å². The lowest BCUT2D eigenvalue weighted by Crippen LogP contribution is -1.91. The molecule has 0 amide bonds. The minimum atomic E-state index is 1.25. The Bertz CT molecular complexity index is 3290. The van der Waals surface area contributed by atoms with Crippen molar-refractivity contribution in [2.24, 2.45) is 0 Å². The lowest BCUT2D eigenvalue weighted by Gasteiger charge is -2.17. The molecule has 0 bridgehead atoms. The van der Waals surface area contributed by atoms with E-state index in [1.807, 2.05) is 0 Å². The van der Waals surface area contributed by atoms with E-state index >= 15 is 0 Å². The van der Waals surface area contributed by atoms with Gasteiger partial charge >= 0.3 is 0 Å². The van der Waals surface area contributed by atoms with E-state index in [2.05, 4.69) is 196 Å². The zero-order valence-electron chi connectivity index (χ0n) is 32.3. The number of fused-ring (bicyclic) bond motifs is 8. The Kier molecular flexibility index (Phi) is 6.39. The molecule has 0 fully saturated rings. The van der Waals surface area contributed by atoms with Gasteiger partial charge in [-0.1, -0.05) is 182 Å². The minimum Gasteiger partial charge on any atom is -0.0622 e. The van der Waals surface area contributed by atoms with Crippen LogP contribution in [0, 0.1) is 13.8 Å². The molecule has 0 aromatic heterocycles. The maximum absolute atomic E-state index is 2.43. The van der Waals surface area contributed by atoms with E-state index in [0.29, 0.717) is 0 Å². The molecule has 2 aliphatic rings. The van der Waals surface area contributed by atoms with Crippen LogP contribution < -0.4 is 0 Å². The predicted octanol–water partition coefficient (Wildman–Crippen LogP) is 16.3. The van der Waals surface area contributed by atoms with Crippen molar-refractivity contribution in [3.63, 3.8) is 0 Å². The van der Waals surface area contributed by atoms with Crippen LogP contribution >= 0.6 is 0 Å². The first-order valence-corrected chi connectivity index (χ1v) is 20.4. The second kappa shape index (κ2) is 11.6. The summed E-state index contributed by atoms with van der Waals surface area (Å²) in [4.78, 5) is 0. The number of aryl methyl sites for hydroxylation is 2. The van der Waals surface area contributed by atoms with E-state index in [0.717, 1.165) is 0 Å². The van der Waals surface area contributed by atoms with Gasteiger partial charge in [-0.05, 0) is 157 Å². The van der Waals surface area contributed by atoms with Gasteiger partial charge in [0, 0.05) is 0 Å². The molecule has 268 valence electrons. The summed E-state index contributed by atoms with van der Waals surface area (Å²) in [5.74, 6) is 0. The zero-order chi connectivity index (χ0) is 38.2. The highest BCUT2D eigenvalue weighted by Crippen LogP contribution is 2.60. The summed E-state index contributed by atoms with van der Waals surface area (Å²) in [5, 5.41) is 10.8. The third-order valence-electron chi connectivity index (χ3n) is 13.4. The molecule has 0 unspecified atom stereocenters. The van der Waals surface area contributed by atoms with E-state index in [-0.39, 0.29) is 0 Å². The van der Waals surface area contributed by atoms with Crippen LogP contribution in [0.1, 0.15) is 11.1 Å². The monoisotopic (exact) mass is 732 g/mol. The Balaban J connectivity index is 1.13. The molecule has 0 atom stereocenters. The first-order valence-electron chi connectivity index (χ1n) is 20.4. The fraction of sp³-hybridized carbons (Fsp3) is 0.0345. The summed E-state index contributed by atoms with van der Waals surface area (Å²) in [6.07, 6.45) is 0. The molecule has 2 aliphatic carbocycles. The van der Waals surface area contributed by atoms with Crippen molar-refractivity contribution in [3.05, 3.63) is 193 Å². The highest BCUT2D eigenvalue weighted by Gasteiger charge is 2.33. The van der Waals surface area contributed by atoms with E-state index < -0.39 is 0 Å². The van der Waals surface area contributed by atoms with Crippen molar-refractivity contribution >= 4 is 43.1 Å². The molecule has 0 saturated heterocycles. The molecule has 13 rings (SSSR count). The van der Waals surface area contributed by atoms with Crippen LogP contribution in [0.25, 0.3) is 132 Å². The first-order chi connectivity index (χ1) is 28.7. The summed E-state index contributed by atoms with van der Waals surface area (Å²) in [7, 11) is 0. The van der Waals surface area contributed by atoms with Gasteiger partial charge in [-0.25, -0.2) is 0 Å². The lowest BCUT2D eigenvalue weighted by molar-refractivity contribution is 1.46. The van der Waals surface area contributed by atoms with Gasteiger partial charge < -0.3 is 0 Å². The van der Waals surface area contributed by atoms with Gasteiger partial charge in [0.25, 0.3) is 0 Å². The van der Waals surface area contributed by atoms with Crippen molar-refractivity contribution in [2.45, 2.75) is 13.8 Å². The maximum atomic E-state index is 2.43. The Hall–Kier alpha value is -7.28. The predicted molar refractivity (Wildman–Crippen MR) is 248 cm³/mol. The molecule has 0 heteroatoms. The summed E-state index contributed by atoms with van der Waals surface area (Å²) >= 11 is 0. The minimum absolute atomic E-state index is 1.25. The Morgan fingerprint density at radius 1 is 0.207 bits per heavy atom. The van der Waals surface area contributed by atoms with Gasteiger partial charge in [-0.2, -0.15) is 0 Å². The molecule has 58 heavy (non-hydrogen) atoms. The number of rotatable bonds is 4. The molecular formula is C58H36. The van der Waals surface area contributed by atoms with E-state index in [1.165, 1.54) is 143 Å². The Morgan fingerprint density at radius 2 is 0.500 bits per heavy atom. The highest BCUT2D eigenvalue weighted by atomic mass is 14.4. The molecule has 0 spiro atoms. The zero-order valence-corrected chi connectivity index (χ0v) is 32.3. The fourth-order valence-electron chi connectivity index (χ4n) is 11.0. The summed E-state index contributed by atoms with van der Waals surface area (Å²) in [5.41, 5.74) is 23.6. The average molecular weight is 733 g/mol. The molecule has 0 nitrogen and oxygen atoms in total. The average Bonchev–Trinajstić information content (AvgIpc) is 3.80. The SMILES string of the molecule is Cc1ccccc1-c1ccc(-c2ccccc2)c2c1-c1ccc3c4ccc5c6c(ccc(c7ccc-2c1c73)c64)-c1c(-c2ccccc2C)ccc(-c2ccccc2)c1-5. The van der Waals surface area contributed by atoms with Crippen LogP contribution in [0.5, 0.6) is 0 Å². The van der Waals surface area contributed by atoms with Gasteiger partial charge in [0.15, 0.2) is 0 Å². The number of hydrogen-bond acceptors (Lipinski definition) is 0. The van der Waals surface area contributed by atoms with E-state index in [1.54, 1.807) is 0 Å². The number of benzene rings is 11. The van der Waals surface area contributed by atoms with Crippen molar-refractivity contribution in [2.75, 3.05) is 0 Å². The Labute approximate surface area is 337 Å².